The highest BCUT2D eigenvalue weighted by Crippen LogP contribution is 2.31. The molecule has 4 heterocycles. The molecule has 0 N–H and O–H groups in total. The van der Waals surface area contributed by atoms with E-state index in [0.717, 1.165) is 27.7 Å². The fourth-order valence-corrected chi connectivity index (χ4v) is 4.12. The number of aromatic nitrogens is 4. The van der Waals surface area contributed by atoms with Crippen LogP contribution in [0.2, 0.25) is 0 Å². The van der Waals surface area contributed by atoms with Gasteiger partial charge < -0.3 is 9.64 Å². The largest absolute Gasteiger partial charge is 0.370 e. The minimum atomic E-state index is 0.0540. The van der Waals surface area contributed by atoms with Gasteiger partial charge in [0.25, 0.3) is 5.91 Å². The molecule has 1 saturated heterocycles. The van der Waals surface area contributed by atoms with E-state index in [-0.39, 0.29) is 18.1 Å². The number of aryl methyl sites for hydroxylation is 2. The predicted octanol–water partition coefficient (Wildman–Crippen LogP) is 1.34. The van der Waals surface area contributed by atoms with Crippen molar-refractivity contribution >= 4 is 17.2 Å². The number of carbonyl (C=O) groups excluding carboxylic acids is 1. The third-order valence-corrected chi connectivity index (χ3v) is 5.37. The molecule has 0 spiro atoms. The van der Waals surface area contributed by atoms with E-state index < -0.39 is 0 Å². The molecule has 2 aliphatic heterocycles. The van der Waals surface area contributed by atoms with Crippen molar-refractivity contribution in [2.24, 2.45) is 0 Å². The van der Waals surface area contributed by atoms with Crippen LogP contribution < -0.4 is 0 Å². The van der Waals surface area contributed by atoms with Gasteiger partial charge in [-0.1, -0.05) is 5.21 Å². The number of amides is 1. The lowest BCUT2D eigenvalue weighted by molar-refractivity contribution is -0.0604. The molecule has 0 unspecified atom stereocenters. The molecule has 22 heavy (non-hydrogen) atoms. The number of rotatable bonds is 1. The number of hydrogen-bond donors (Lipinski definition) is 0. The van der Waals surface area contributed by atoms with Gasteiger partial charge in [0.05, 0.1) is 41.3 Å². The first-order valence-electron chi connectivity index (χ1n) is 7.37. The zero-order valence-corrected chi connectivity index (χ0v) is 13.3. The number of likely N-dealkylation sites (tertiary alicyclic amines) is 1. The molecule has 0 radical (unpaired) electrons. The summed E-state index contributed by atoms with van der Waals surface area (Å²) in [6.07, 6.45) is 2.67. The highest BCUT2D eigenvalue weighted by Gasteiger charge is 2.38. The summed E-state index contributed by atoms with van der Waals surface area (Å²) in [7, 11) is 0. The maximum atomic E-state index is 12.8. The second-order valence-electron chi connectivity index (χ2n) is 5.77. The maximum absolute atomic E-state index is 12.8. The molecule has 8 heteroatoms. The third-order valence-electron chi connectivity index (χ3n) is 4.31. The second kappa shape index (κ2) is 5.13. The summed E-state index contributed by atoms with van der Waals surface area (Å²) in [5.41, 5.74) is 1.79. The average Bonchev–Trinajstić information content (AvgIpc) is 3.12. The molecule has 2 aliphatic rings. The molecule has 2 atom stereocenters. The number of fused-ring (bicyclic) bond motifs is 3. The van der Waals surface area contributed by atoms with Crippen LogP contribution in [0, 0.1) is 13.8 Å². The van der Waals surface area contributed by atoms with E-state index in [9.17, 15) is 4.79 Å². The van der Waals surface area contributed by atoms with Gasteiger partial charge in [-0.15, -0.1) is 16.4 Å². The van der Waals surface area contributed by atoms with E-state index in [0.29, 0.717) is 19.7 Å². The third kappa shape index (κ3) is 2.14. The van der Waals surface area contributed by atoms with Gasteiger partial charge in [-0.05, 0) is 20.3 Å². The highest BCUT2D eigenvalue weighted by atomic mass is 32.1. The first kappa shape index (κ1) is 13.8. The number of carbonyl (C=O) groups is 1. The van der Waals surface area contributed by atoms with Crippen LogP contribution in [0.5, 0.6) is 0 Å². The monoisotopic (exact) mass is 319 g/mol. The van der Waals surface area contributed by atoms with Crippen LogP contribution in [-0.4, -0.2) is 50.0 Å². The van der Waals surface area contributed by atoms with Crippen molar-refractivity contribution in [3.63, 3.8) is 0 Å². The molecule has 2 aromatic heterocycles. The van der Waals surface area contributed by atoms with Gasteiger partial charge in [0.15, 0.2) is 0 Å². The summed E-state index contributed by atoms with van der Waals surface area (Å²) in [4.78, 5) is 19.8. The normalized spacial score (nSPS) is 24.0. The van der Waals surface area contributed by atoms with Gasteiger partial charge in [-0.25, -0.2) is 9.67 Å². The fraction of sp³-hybridized carbons (Fsp3) is 0.571. The molecule has 2 aromatic rings. The van der Waals surface area contributed by atoms with Crippen LogP contribution in [0.25, 0.3) is 0 Å². The lowest BCUT2D eigenvalue weighted by Crippen LogP contribution is -2.49. The van der Waals surface area contributed by atoms with Crippen LogP contribution in [0.15, 0.2) is 6.20 Å². The Bertz CT molecular complexity index is 725. The van der Waals surface area contributed by atoms with E-state index in [4.69, 9.17) is 4.74 Å². The second-order valence-corrected chi connectivity index (χ2v) is 6.98. The quantitative estimate of drug-likeness (QED) is 0.793. The summed E-state index contributed by atoms with van der Waals surface area (Å²) in [6.45, 7) is 5.69. The molecule has 0 aromatic carbocycles. The number of thiazole rings is 1. The maximum Gasteiger partial charge on any atom is 0.265 e. The zero-order chi connectivity index (χ0) is 15.3. The highest BCUT2D eigenvalue weighted by molar-refractivity contribution is 7.13. The van der Waals surface area contributed by atoms with Crippen molar-refractivity contribution in [2.45, 2.75) is 39.0 Å². The van der Waals surface area contributed by atoms with Gasteiger partial charge >= 0.3 is 0 Å². The summed E-state index contributed by atoms with van der Waals surface area (Å²) in [5, 5.41) is 9.06. The fourth-order valence-electron chi connectivity index (χ4n) is 3.24. The minimum absolute atomic E-state index is 0.0540. The number of piperidine rings is 1. The van der Waals surface area contributed by atoms with Crippen molar-refractivity contribution in [3.8, 4) is 0 Å². The Morgan fingerprint density at radius 3 is 3.09 bits per heavy atom. The molecule has 1 amide bonds. The van der Waals surface area contributed by atoms with E-state index in [1.807, 2.05) is 23.4 Å². The molecule has 0 bridgehead atoms. The van der Waals surface area contributed by atoms with Crippen LogP contribution in [0.1, 0.15) is 38.5 Å². The minimum Gasteiger partial charge on any atom is -0.370 e. The summed E-state index contributed by atoms with van der Waals surface area (Å²) in [5.74, 6) is 0.0637. The summed E-state index contributed by atoms with van der Waals surface area (Å²) in [6, 6.07) is 0.0540. The van der Waals surface area contributed by atoms with E-state index in [2.05, 4.69) is 15.3 Å². The Balaban J connectivity index is 1.59. The van der Waals surface area contributed by atoms with E-state index in [1.165, 1.54) is 11.3 Å². The number of ether oxygens (including phenoxy) is 1. The molecular weight excluding hydrogens is 302 g/mol. The topological polar surface area (TPSA) is 73.1 Å². The number of nitrogens with zero attached hydrogens (tertiary/aromatic N) is 5. The van der Waals surface area contributed by atoms with Crippen molar-refractivity contribution in [1.29, 1.82) is 0 Å². The lowest BCUT2D eigenvalue weighted by Gasteiger charge is -2.40. The van der Waals surface area contributed by atoms with Crippen LogP contribution >= 0.6 is 11.3 Å². The van der Waals surface area contributed by atoms with Crippen LogP contribution in [-0.2, 0) is 11.3 Å². The van der Waals surface area contributed by atoms with E-state index >= 15 is 0 Å². The lowest BCUT2D eigenvalue weighted by atomic mass is 10.00. The SMILES string of the molecule is Cc1nc(C)c(C(=O)N2CC[C@@H]3OCc4cnnn4[C@@H]3C2)s1. The van der Waals surface area contributed by atoms with Gasteiger partial charge in [0.1, 0.15) is 4.88 Å². The Hall–Kier alpha value is -1.80. The van der Waals surface area contributed by atoms with E-state index in [1.54, 1.807) is 6.20 Å². The van der Waals surface area contributed by atoms with Crippen molar-refractivity contribution < 1.29 is 9.53 Å². The summed E-state index contributed by atoms with van der Waals surface area (Å²) < 4.78 is 7.79. The number of hydrogen-bond acceptors (Lipinski definition) is 6. The standard InChI is InChI=1S/C14H17N5O2S/c1-8-13(22-9(2)16-8)14(20)18-4-3-12-11(6-18)19-10(7-21-12)5-15-17-19/h5,11-12H,3-4,6-7H2,1-2H3/t11-,12+/m1/s1. The molecule has 7 nitrogen and oxygen atoms in total. The Labute approximate surface area is 131 Å². The van der Waals surface area contributed by atoms with Crippen molar-refractivity contribution in [1.82, 2.24) is 24.9 Å². The zero-order valence-electron chi connectivity index (χ0n) is 12.5. The Morgan fingerprint density at radius 1 is 1.45 bits per heavy atom. The molecule has 0 saturated carbocycles. The van der Waals surface area contributed by atoms with Gasteiger partial charge in [0, 0.05) is 13.1 Å². The van der Waals surface area contributed by atoms with Crippen LogP contribution in [0.4, 0.5) is 0 Å². The smallest absolute Gasteiger partial charge is 0.265 e. The van der Waals surface area contributed by atoms with Gasteiger partial charge in [-0.3, -0.25) is 4.79 Å². The molecule has 4 rings (SSSR count). The van der Waals surface area contributed by atoms with Crippen LogP contribution in [0.3, 0.4) is 0 Å². The Kier molecular flexibility index (Phi) is 3.23. The van der Waals surface area contributed by atoms with Gasteiger partial charge in [0.2, 0.25) is 0 Å². The first-order valence-corrected chi connectivity index (χ1v) is 8.19. The predicted molar refractivity (Wildman–Crippen MR) is 79.7 cm³/mol. The van der Waals surface area contributed by atoms with Gasteiger partial charge in [-0.2, -0.15) is 0 Å². The Morgan fingerprint density at radius 2 is 2.32 bits per heavy atom. The first-order chi connectivity index (χ1) is 10.6. The molecule has 0 aliphatic carbocycles. The molecule has 116 valence electrons. The average molecular weight is 319 g/mol. The summed E-state index contributed by atoms with van der Waals surface area (Å²) >= 11 is 1.46. The van der Waals surface area contributed by atoms with Crippen molar-refractivity contribution in [2.75, 3.05) is 13.1 Å². The molecule has 1 fully saturated rings. The molecular formula is C14H17N5O2S. The van der Waals surface area contributed by atoms with Crippen molar-refractivity contribution in [3.05, 3.63) is 27.5 Å².